The number of ether oxygens (including phenoxy) is 1. The van der Waals surface area contributed by atoms with Crippen molar-refractivity contribution >= 4 is 22.8 Å². The van der Waals surface area contributed by atoms with Gasteiger partial charge < -0.3 is 25.3 Å². The number of rotatable bonds is 5. The normalized spacial score (nSPS) is 11.5. The van der Waals surface area contributed by atoms with Crippen LogP contribution in [0.3, 0.4) is 0 Å². The molecule has 32 heavy (non-hydrogen) atoms. The lowest BCUT2D eigenvalue weighted by Crippen LogP contribution is -2.28. The summed E-state index contributed by atoms with van der Waals surface area (Å²) in [7, 11) is 0. The molecule has 2 amide bonds. The molecule has 0 aliphatic heterocycles. The van der Waals surface area contributed by atoms with Crippen molar-refractivity contribution in [3.8, 4) is 11.5 Å². The third-order valence-corrected chi connectivity index (χ3v) is 4.28. The summed E-state index contributed by atoms with van der Waals surface area (Å²) in [6, 6.07) is 1.83. The van der Waals surface area contributed by atoms with E-state index >= 15 is 0 Å². The standard InChI is InChI=1S/C19H13F5N6O2.4H2/c20-11-5-9(30-18(31)29-8-14-25-3-4-26-14)6-12(21)16(11)32-13-1-2-27-17-15(13)10(7-28-17)19(22,23)24;;;;/h1-7H,8H2,(H,25,26)(H,27,28)(H2,29,30,31);4*1H. The molecule has 0 atom stereocenters. The maximum absolute atomic E-state index is 14.5. The van der Waals surface area contributed by atoms with Gasteiger partial charge in [-0.25, -0.2) is 23.5 Å². The number of carbonyl (C=O) groups is 1. The van der Waals surface area contributed by atoms with Gasteiger partial charge in [-0.05, 0) is 6.07 Å². The third-order valence-electron chi connectivity index (χ3n) is 4.28. The molecule has 0 spiro atoms. The molecule has 8 nitrogen and oxygen atoms in total. The number of fused-ring (bicyclic) bond motifs is 1. The number of pyridine rings is 1. The van der Waals surface area contributed by atoms with E-state index in [0.29, 0.717) is 12.0 Å². The molecule has 4 aromatic rings. The highest BCUT2D eigenvalue weighted by atomic mass is 19.4. The van der Waals surface area contributed by atoms with Crippen molar-refractivity contribution in [2.24, 2.45) is 0 Å². The molecule has 0 radical (unpaired) electrons. The van der Waals surface area contributed by atoms with Gasteiger partial charge in [-0.15, -0.1) is 0 Å². The van der Waals surface area contributed by atoms with Crippen LogP contribution in [-0.4, -0.2) is 26.0 Å². The Labute approximate surface area is 181 Å². The molecule has 3 heterocycles. The van der Waals surface area contributed by atoms with E-state index in [2.05, 4.69) is 30.6 Å². The molecule has 0 saturated carbocycles. The first-order valence-electron chi connectivity index (χ1n) is 8.95. The molecule has 174 valence electrons. The SMILES string of the molecule is O=C(NCc1ncc[nH]1)Nc1cc(F)c(Oc2ccnc3[nH]cc(C(F)(F)F)c23)c(F)c1.[HH].[HH].[HH].[HH]. The summed E-state index contributed by atoms with van der Waals surface area (Å²) in [5.74, 6) is -3.39. The van der Waals surface area contributed by atoms with E-state index in [9.17, 15) is 26.7 Å². The number of nitrogens with one attached hydrogen (secondary N) is 4. The Morgan fingerprint density at radius 1 is 1.12 bits per heavy atom. The summed E-state index contributed by atoms with van der Waals surface area (Å²) < 4.78 is 73.9. The van der Waals surface area contributed by atoms with Crippen molar-refractivity contribution in [3.05, 3.63) is 66.0 Å². The van der Waals surface area contributed by atoms with Gasteiger partial charge in [0.25, 0.3) is 0 Å². The molecule has 0 fully saturated rings. The number of benzene rings is 1. The predicted molar refractivity (Wildman–Crippen MR) is 110 cm³/mol. The van der Waals surface area contributed by atoms with Crippen LogP contribution >= 0.6 is 0 Å². The van der Waals surface area contributed by atoms with Gasteiger partial charge in [0.1, 0.15) is 17.2 Å². The van der Waals surface area contributed by atoms with Gasteiger partial charge in [0.15, 0.2) is 17.4 Å². The fourth-order valence-corrected chi connectivity index (χ4v) is 2.91. The van der Waals surface area contributed by atoms with Crippen molar-refractivity contribution in [1.29, 1.82) is 0 Å². The van der Waals surface area contributed by atoms with Crippen LogP contribution in [-0.2, 0) is 12.7 Å². The number of anilines is 1. The summed E-state index contributed by atoms with van der Waals surface area (Å²) in [5, 5.41) is 4.19. The Bertz CT molecular complexity index is 1260. The minimum atomic E-state index is -4.74. The zero-order valence-corrected chi connectivity index (χ0v) is 15.8. The number of nitrogens with zero attached hydrogens (tertiary/aromatic N) is 2. The summed E-state index contributed by atoms with van der Waals surface area (Å²) in [6.07, 6.45) is 0.114. The Morgan fingerprint density at radius 2 is 1.88 bits per heavy atom. The first-order valence-corrected chi connectivity index (χ1v) is 8.95. The van der Waals surface area contributed by atoms with Crippen molar-refractivity contribution in [3.63, 3.8) is 0 Å². The Morgan fingerprint density at radius 3 is 2.53 bits per heavy atom. The van der Waals surface area contributed by atoms with E-state index in [1.807, 2.05) is 0 Å². The average molecular weight is 460 g/mol. The van der Waals surface area contributed by atoms with E-state index in [1.165, 1.54) is 6.20 Å². The smallest absolute Gasteiger partial charge is 0.418 e. The van der Waals surface area contributed by atoms with Crippen molar-refractivity contribution in [2.45, 2.75) is 12.7 Å². The quantitative estimate of drug-likeness (QED) is 0.287. The second-order valence-electron chi connectivity index (χ2n) is 6.45. The van der Waals surface area contributed by atoms with Crippen LogP contribution in [0.4, 0.5) is 32.4 Å². The summed E-state index contributed by atoms with van der Waals surface area (Å²) in [6.45, 7) is 0.0429. The minimum Gasteiger partial charge on any atom is -0.450 e. The number of urea groups is 1. The highest BCUT2D eigenvalue weighted by molar-refractivity contribution is 5.89. The van der Waals surface area contributed by atoms with Crippen LogP contribution in [0.1, 0.15) is 17.1 Å². The van der Waals surface area contributed by atoms with Crippen LogP contribution in [0.15, 0.2) is 43.0 Å². The second kappa shape index (κ2) is 8.17. The predicted octanol–water partition coefficient (Wildman–Crippen LogP) is 5.68. The number of hydrogen-bond donors (Lipinski definition) is 4. The highest BCUT2D eigenvalue weighted by Crippen LogP contribution is 2.40. The summed E-state index contributed by atoms with van der Waals surface area (Å²) >= 11 is 0. The lowest BCUT2D eigenvalue weighted by Gasteiger charge is -2.13. The number of hydrogen-bond acceptors (Lipinski definition) is 4. The van der Waals surface area contributed by atoms with Gasteiger partial charge in [-0.2, -0.15) is 13.2 Å². The molecule has 4 N–H and O–H groups in total. The topological polar surface area (TPSA) is 108 Å². The zero-order chi connectivity index (χ0) is 22.9. The number of carbonyl (C=O) groups excluding carboxylic acids is 1. The zero-order valence-electron chi connectivity index (χ0n) is 15.8. The van der Waals surface area contributed by atoms with Gasteiger partial charge in [-0.1, -0.05) is 0 Å². The van der Waals surface area contributed by atoms with Gasteiger partial charge in [0.2, 0.25) is 0 Å². The first kappa shape index (κ1) is 21.1. The maximum atomic E-state index is 14.5. The maximum Gasteiger partial charge on any atom is 0.418 e. The van der Waals surface area contributed by atoms with Gasteiger partial charge in [0, 0.05) is 48.3 Å². The van der Waals surface area contributed by atoms with Crippen molar-refractivity contribution in [2.75, 3.05) is 5.32 Å². The van der Waals surface area contributed by atoms with E-state index in [1.54, 1.807) is 6.20 Å². The highest BCUT2D eigenvalue weighted by Gasteiger charge is 2.35. The van der Waals surface area contributed by atoms with Crippen molar-refractivity contribution < 1.29 is 37.2 Å². The van der Waals surface area contributed by atoms with E-state index in [4.69, 9.17) is 4.74 Å². The molecular formula is C19H21F5N6O2. The number of aromatic amines is 2. The van der Waals surface area contributed by atoms with Gasteiger partial charge in [-0.3, -0.25) is 0 Å². The Kier molecular flexibility index (Phi) is 5.38. The van der Waals surface area contributed by atoms with Crippen LogP contribution in [0.25, 0.3) is 11.0 Å². The number of alkyl halides is 3. The number of aromatic nitrogens is 4. The fourth-order valence-electron chi connectivity index (χ4n) is 2.91. The molecule has 0 aliphatic rings. The molecule has 3 aromatic heterocycles. The number of amides is 2. The fraction of sp³-hybridized carbons (Fsp3) is 0.105. The lowest BCUT2D eigenvalue weighted by molar-refractivity contribution is -0.136. The molecule has 13 heteroatoms. The molecule has 0 unspecified atom stereocenters. The van der Waals surface area contributed by atoms with Gasteiger partial charge >= 0.3 is 12.2 Å². The van der Waals surface area contributed by atoms with E-state index < -0.39 is 46.3 Å². The van der Waals surface area contributed by atoms with Crippen LogP contribution in [0.2, 0.25) is 0 Å². The number of halogens is 5. The third kappa shape index (κ3) is 4.31. The molecule has 0 saturated heterocycles. The van der Waals surface area contributed by atoms with E-state index in [0.717, 1.165) is 24.4 Å². The number of H-pyrrole nitrogens is 2. The molecule has 4 rings (SSSR count). The van der Waals surface area contributed by atoms with Crippen LogP contribution in [0.5, 0.6) is 11.5 Å². The van der Waals surface area contributed by atoms with E-state index in [-0.39, 0.29) is 23.6 Å². The minimum absolute atomic E-state index is 0. The number of imidazole rings is 1. The monoisotopic (exact) mass is 460 g/mol. The molecular weight excluding hydrogens is 439 g/mol. The summed E-state index contributed by atoms with van der Waals surface area (Å²) in [5.41, 5.74) is -1.49. The lowest BCUT2D eigenvalue weighted by atomic mass is 10.2. The van der Waals surface area contributed by atoms with Crippen LogP contribution in [0, 0.1) is 11.6 Å². The largest absolute Gasteiger partial charge is 0.450 e. The Hall–Kier alpha value is -4.16. The van der Waals surface area contributed by atoms with Crippen molar-refractivity contribution in [1.82, 2.24) is 25.3 Å². The molecule has 1 aromatic carbocycles. The molecule has 0 bridgehead atoms. The average Bonchev–Trinajstić information content (AvgIpc) is 3.39. The Balaban J connectivity index is 0.00000306. The first-order chi connectivity index (χ1) is 15.2. The van der Waals surface area contributed by atoms with Gasteiger partial charge in [0.05, 0.1) is 17.5 Å². The summed E-state index contributed by atoms with van der Waals surface area (Å²) in [4.78, 5) is 24.7. The van der Waals surface area contributed by atoms with Crippen LogP contribution < -0.4 is 15.4 Å². The molecule has 0 aliphatic carbocycles. The second-order valence-corrected chi connectivity index (χ2v) is 6.45.